The van der Waals surface area contributed by atoms with Crippen LogP contribution in [0.3, 0.4) is 0 Å². The molecule has 0 saturated carbocycles. The van der Waals surface area contributed by atoms with E-state index in [2.05, 4.69) is 68.2 Å². The quantitative estimate of drug-likeness (QED) is 0.616. The molecular weight excluding hydrogens is 256 g/mol. The van der Waals surface area contributed by atoms with E-state index in [1.165, 1.54) is 24.9 Å². The summed E-state index contributed by atoms with van der Waals surface area (Å²) in [5.41, 5.74) is 1.48. The van der Waals surface area contributed by atoms with Gasteiger partial charge in [-0.1, -0.05) is 64.4 Å². The number of rotatable bonds is 11. The second kappa shape index (κ2) is 10.8. The third-order valence-electron chi connectivity index (χ3n) is 4.65. The van der Waals surface area contributed by atoms with E-state index in [0.29, 0.717) is 5.92 Å². The highest BCUT2D eigenvalue weighted by Gasteiger charge is 2.17. The molecule has 0 radical (unpaired) electrons. The number of hydrogen-bond acceptors (Lipinski definition) is 2. The van der Waals surface area contributed by atoms with Crippen molar-refractivity contribution in [2.24, 2.45) is 5.92 Å². The van der Waals surface area contributed by atoms with Crippen LogP contribution < -0.4 is 5.32 Å². The Hall–Kier alpha value is -0.860. The zero-order valence-corrected chi connectivity index (χ0v) is 14.4. The zero-order valence-electron chi connectivity index (χ0n) is 14.4. The van der Waals surface area contributed by atoms with Crippen LogP contribution in [0.1, 0.15) is 52.0 Å². The molecule has 120 valence electrons. The average molecular weight is 290 g/mol. The summed E-state index contributed by atoms with van der Waals surface area (Å²) in [4.78, 5) is 2.49. The van der Waals surface area contributed by atoms with Crippen LogP contribution in [0.15, 0.2) is 30.3 Å². The van der Waals surface area contributed by atoms with Crippen molar-refractivity contribution < 1.29 is 0 Å². The second-order valence-corrected chi connectivity index (χ2v) is 5.99. The first-order chi connectivity index (χ1) is 10.2. The van der Waals surface area contributed by atoms with E-state index >= 15 is 0 Å². The van der Waals surface area contributed by atoms with Gasteiger partial charge < -0.3 is 10.2 Å². The van der Waals surface area contributed by atoms with Gasteiger partial charge in [-0.25, -0.2) is 0 Å². The summed E-state index contributed by atoms with van der Waals surface area (Å²) in [5.74, 6) is 1.35. The fourth-order valence-corrected chi connectivity index (χ4v) is 2.86. The van der Waals surface area contributed by atoms with Crippen molar-refractivity contribution in [3.63, 3.8) is 0 Å². The molecule has 0 amide bonds. The van der Waals surface area contributed by atoms with Crippen LogP contribution in [0.25, 0.3) is 0 Å². The van der Waals surface area contributed by atoms with Crippen LogP contribution >= 0.6 is 0 Å². The minimum Gasteiger partial charge on any atom is -0.316 e. The SMILES string of the molecule is CCC(C)C(CNCCCN(CC)CC)c1ccccc1. The van der Waals surface area contributed by atoms with Gasteiger partial charge in [-0.15, -0.1) is 0 Å². The molecule has 0 aromatic heterocycles. The Balaban J connectivity index is 2.38. The molecule has 0 aliphatic carbocycles. The molecule has 2 unspecified atom stereocenters. The molecule has 0 aliphatic rings. The summed E-state index contributed by atoms with van der Waals surface area (Å²) in [6, 6.07) is 11.0. The predicted octanol–water partition coefficient (Wildman–Crippen LogP) is 4.14. The molecule has 0 saturated heterocycles. The molecular formula is C19H34N2. The van der Waals surface area contributed by atoms with Crippen LogP contribution in [0.5, 0.6) is 0 Å². The van der Waals surface area contributed by atoms with Crippen LogP contribution in [-0.2, 0) is 0 Å². The van der Waals surface area contributed by atoms with Crippen LogP contribution in [0, 0.1) is 5.92 Å². The maximum absolute atomic E-state index is 3.68. The Kier molecular flexibility index (Phi) is 9.36. The van der Waals surface area contributed by atoms with Gasteiger partial charge in [0.2, 0.25) is 0 Å². The molecule has 0 bridgehead atoms. The molecule has 2 atom stereocenters. The lowest BCUT2D eigenvalue weighted by molar-refractivity contribution is 0.296. The fraction of sp³-hybridized carbons (Fsp3) is 0.684. The molecule has 1 N–H and O–H groups in total. The van der Waals surface area contributed by atoms with Crippen molar-refractivity contribution in [3.05, 3.63) is 35.9 Å². The van der Waals surface area contributed by atoms with Crippen molar-refractivity contribution in [3.8, 4) is 0 Å². The molecule has 0 heterocycles. The smallest absolute Gasteiger partial charge is 0.00227 e. The van der Waals surface area contributed by atoms with Crippen LogP contribution in [-0.4, -0.2) is 37.6 Å². The first kappa shape index (κ1) is 18.2. The van der Waals surface area contributed by atoms with E-state index in [-0.39, 0.29) is 0 Å². The van der Waals surface area contributed by atoms with Gasteiger partial charge in [-0.05, 0) is 50.0 Å². The van der Waals surface area contributed by atoms with Gasteiger partial charge in [-0.2, -0.15) is 0 Å². The maximum Gasteiger partial charge on any atom is 0.00227 e. The minimum atomic E-state index is 0.629. The monoisotopic (exact) mass is 290 g/mol. The molecule has 2 heteroatoms. The Morgan fingerprint density at radius 3 is 2.29 bits per heavy atom. The third-order valence-corrected chi connectivity index (χ3v) is 4.65. The van der Waals surface area contributed by atoms with Crippen molar-refractivity contribution in [1.82, 2.24) is 10.2 Å². The lowest BCUT2D eigenvalue weighted by Crippen LogP contribution is -2.30. The number of nitrogens with one attached hydrogen (secondary N) is 1. The standard InChI is InChI=1S/C19H34N2/c1-5-17(4)19(18-12-9-8-10-13-18)16-20-14-11-15-21(6-2)7-3/h8-10,12-13,17,19-20H,5-7,11,14-16H2,1-4H3. The van der Waals surface area contributed by atoms with E-state index in [1.54, 1.807) is 0 Å². The van der Waals surface area contributed by atoms with Crippen molar-refractivity contribution in [2.75, 3.05) is 32.7 Å². The van der Waals surface area contributed by atoms with Crippen molar-refractivity contribution >= 4 is 0 Å². The van der Waals surface area contributed by atoms with E-state index < -0.39 is 0 Å². The van der Waals surface area contributed by atoms with Gasteiger partial charge in [0.05, 0.1) is 0 Å². The van der Waals surface area contributed by atoms with Crippen molar-refractivity contribution in [1.29, 1.82) is 0 Å². The molecule has 1 aromatic rings. The molecule has 0 aliphatic heterocycles. The second-order valence-electron chi connectivity index (χ2n) is 5.99. The Morgan fingerprint density at radius 2 is 1.71 bits per heavy atom. The summed E-state index contributed by atoms with van der Waals surface area (Å²) in [6.07, 6.45) is 2.48. The predicted molar refractivity (Wildman–Crippen MR) is 93.9 cm³/mol. The maximum atomic E-state index is 3.68. The van der Waals surface area contributed by atoms with Gasteiger partial charge >= 0.3 is 0 Å². The molecule has 1 rings (SSSR count). The number of hydrogen-bond donors (Lipinski definition) is 1. The summed E-state index contributed by atoms with van der Waals surface area (Å²) in [6.45, 7) is 14.9. The van der Waals surface area contributed by atoms with Crippen LogP contribution in [0.2, 0.25) is 0 Å². The molecule has 0 spiro atoms. The number of benzene rings is 1. The van der Waals surface area contributed by atoms with Gasteiger partial charge in [-0.3, -0.25) is 0 Å². The molecule has 1 aromatic carbocycles. The Bertz CT molecular complexity index is 346. The highest BCUT2D eigenvalue weighted by Crippen LogP contribution is 2.26. The normalized spacial score (nSPS) is 14.3. The van der Waals surface area contributed by atoms with E-state index in [4.69, 9.17) is 0 Å². The van der Waals surface area contributed by atoms with E-state index in [9.17, 15) is 0 Å². The third kappa shape index (κ3) is 6.62. The Labute approximate surface area is 131 Å². The van der Waals surface area contributed by atoms with Gasteiger partial charge in [0, 0.05) is 6.54 Å². The minimum absolute atomic E-state index is 0.629. The van der Waals surface area contributed by atoms with Gasteiger partial charge in [0.15, 0.2) is 0 Å². The summed E-state index contributed by atoms with van der Waals surface area (Å²) < 4.78 is 0. The van der Waals surface area contributed by atoms with Crippen LogP contribution in [0.4, 0.5) is 0 Å². The Morgan fingerprint density at radius 1 is 1.05 bits per heavy atom. The first-order valence-corrected chi connectivity index (χ1v) is 8.70. The largest absolute Gasteiger partial charge is 0.316 e. The molecule has 21 heavy (non-hydrogen) atoms. The first-order valence-electron chi connectivity index (χ1n) is 8.70. The lowest BCUT2D eigenvalue weighted by atomic mass is 9.85. The van der Waals surface area contributed by atoms with E-state index in [1.807, 2.05) is 0 Å². The van der Waals surface area contributed by atoms with E-state index in [0.717, 1.165) is 32.1 Å². The summed E-state index contributed by atoms with van der Waals surface area (Å²) in [7, 11) is 0. The highest BCUT2D eigenvalue weighted by molar-refractivity contribution is 5.20. The fourth-order valence-electron chi connectivity index (χ4n) is 2.86. The topological polar surface area (TPSA) is 15.3 Å². The molecule has 2 nitrogen and oxygen atoms in total. The van der Waals surface area contributed by atoms with Crippen molar-refractivity contribution in [2.45, 2.75) is 46.5 Å². The summed E-state index contributed by atoms with van der Waals surface area (Å²) in [5, 5.41) is 3.68. The lowest BCUT2D eigenvalue weighted by Gasteiger charge is -2.24. The average Bonchev–Trinajstić information content (AvgIpc) is 2.54. The van der Waals surface area contributed by atoms with Gasteiger partial charge in [0.1, 0.15) is 0 Å². The zero-order chi connectivity index (χ0) is 15.5. The summed E-state index contributed by atoms with van der Waals surface area (Å²) >= 11 is 0. The highest BCUT2D eigenvalue weighted by atomic mass is 15.1. The van der Waals surface area contributed by atoms with Gasteiger partial charge in [0.25, 0.3) is 0 Å². The number of nitrogens with zero attached hydrogens (tertiary/aromatic N) is 1. The molecule has 0 fully saturated rings.